The van der Waals surface area contributed by atoms with E-state index < -0.39 is 0 Å². The van der Waals surface area contributed by atoms with Crippen molar-refractivity contribution in [3.63, 3.8) is 0 Å². The number of nitrogens with zero attached hydrogens (tertiary/aromatic N) is 1. The molecule has 0 saturated carbocycles. The first kappa shape index (κ1) is 7.77. The molecule has 1 aliphatic rings. The van der Waals surface area contributed by atoms with Gasteiger partial charge in [-0.3, -0.25) is 0 Å². The zero-order valence-corrected chi connectivity index (χ0v) is 7.29. The molecule has 0 radical (unpaired) electrons. The summed E-state index contributed by atoms with van der Waals surface area (Å²) >= 11 is 0. The van der Waals surface area contributed by atoms with Crippen LogP contribution in [0.25, 0.3) is 0 Å². The summed E-state index contributed by atoms with van der Waals surface area (Å²) in [4.78, 5) is 0. The molecule has 2 rings (SSSR count). The van der Waals surface area contributed by atoms with Gasteiger partial charge in [-0.15, -0.1) is 0 Å². The Hall–Kier alpha value is -0.860. The second-order valence-corrected chi connectivity index (χ2v) is 3.56. The summed E-state index contributed by atoms with van der Waals surface area (Å²) in [5, 5.41) is 11.9. The third-order valence-corrected chi connectivity index (χ3v) is 2.53. The van der Waals surface area contributed by atoms with Crippen LogP contribution in [0, 0.1) is 5.21 Å². The van der Waals surface area contributed by atoms with Crippen LogP contribution < -0.4 is 4.65 Å². The fourth-order valence-electron chi connectivity index (χ4n) is 1.88. The standard InChI is InChI=1S/C10H13NO/c1-11(12)8-4-6-9-5-2-3-7-10(9)11/h2-3,5,7H,4,6,8H2,1H3/t11-/m0/s1. The van der Waals surface area contributed by atoms with Gasteiger partial charge in [0.05, 0.1) is 13.6 Å². The van der Waals surface area contributed by atoms with E-state index >= 15 is 0 Å². The van der Waals surface area contributed by atoms with Crippen molar-refractivity contribution in [2.45, 2.75) is 12.8 Å². The molecule has 0 bridgehead atoms. The van der Waals surface area contributed by atoms with Crippen molar-refractivity contribution < 1.29 is 0 Å². The Kier molecular flexibility index (Phi) is 1.67. The second-order valence-electron chi connectivity index (χ2n) is 3.56. The molecule has 2 nitrogen and oxygen atoms in total. The highest BCUT2D eigenvalue weighted by Gasteiger charge is 2.22. The topological polar surface area (TPSA) is 23.1 Å². The number of quaternary nitrogens is 1. The highest BCUT2D eigenvalue weighted by atomic mass is 16.5. The van der Waals surface area contributed by atoms with Gasteiger partial charge in [0.2, 0.25) is 0 Å². The van der Waals surface area contributed by atoms with E-state index in [1.54, 1.807) is 7.05 Å². The molecule has 0 saturated heterocycles. The maximum absolute atomic E-state index is 11.9. The van der Waals surface area contributed by atoms with Crippen LogP contribution in [-0.4, -0.2) is 13.6 Å². The lowest BCUT2D eigenvalue weighted by atomic mass is 10.0. The maximum atomic E-state index is 11.9. The van der Waals surface area contributed by atoms with Crippen LogP contribution in [-0.2, 0) is 6.42 Å². The molecule has 0 unspecified atom stereocenters. The number of para-hydroxylation sites is 1. The van der Waals surface area contributed by atoms with E-state index in [0.717, 1.165) is 25.1 Å². The van der Waals surface area contributed by atoms with Crippen LogP contribution in [0.3, 0.4) is 0 Å². The zero-order valence-electron chi connectivity index (χ0n) is 7.29. The monoisotopic (exact) mass is 163 g/mol. The molecule has 64 valence electrons. The average Bonchev–Trinajstić information content (AvgIpc) is 2.04. The molecule has 1 aliphatic heterocycles. The molecule has 0 amide bonds. The molecular weight excluding hydrogens is 150 g/mol. The van der Waals surface area contributed by atoms with Crippen LogP contribution in [0.5, 0.6) is 0 Å². The number of hydrogen-bond donors (Lipinski definition) is 0. The van der Waals surface area contributed by atoms with Gasteiger partial charge in [-0.05, 0) is 12.5 Å². The third-order valence-electron chi connectivity index (χ3n) is 2.53. The zero-order chi connectivity index (χ0) is 8.60. The molecule has 0 N–H and O–H groups in total. The Bertz CT molecular complexity index is 294. The quantitative estimate of drug-likeness (QED) is 0.424. The number of hydroxylamine groups is 2. The van der Waals surface area contributed by atoms with Crippen molar-refractivity contribution in [3.8, 4) is 0 Å². The van der Waals surface area contributed by atoms with Gasteiger partial charge < -0.3 is 9.85 Å². The van der Waals surface area contributed by atoms with E-state index in [1.165, 1.54) is 5.56 Å². The summed E-state index contributed by atoms with van der Waals surface area (Å²) in [5.74, 6) is 0. The lowest BCUT2D eigenvalue weighted by Crippen LogP contribution is -2.42. The van der Waals surface area contributed by atoms with Crippen LogP contribution in [0.15, 0.2) is 24.3 Å². The van der Waals surface area contributed by atoms with E-state index in [0.29, 0.717) is 0 Å². The molecule has 0 fully saturated rings. The summed E-state index contributed by atoms with van der Waals surface area (Å²) in [6.45, 7) is 0.719. The Morgan fingerprint density at radius 2 is 2.08 bits per heavy atom. The molecule has 0 aliphatic carbocycles. The summed E-state index contributed by atoms with van der Waals surface area (Å²) in [5.41, 5.74) is 2.17. The van der Waals surface area contributed by atoms with Crippen LogP contribution in [0.2, 0.25) is 0 Å². The van der Waals surface area contributed by atoms with Crippen molar-refractivity contribution in [2.24, 2.45) is 0 Å². The first-order valence-corrected chi connectivity index (χ1v) is 4.35. The predicted octanol–water partition coefficient (Wildman–Crippen LogP) is 2.07. The number of rotatable bonds is 0. The minimum absolute atomic E-state index is 0.198. The fourth-order valence-corrected chi connectivity index (χ4v) is 1.88. The minimum Gasteiger partial charge on any atom is -0.628 e. The van der Waals surface area contributed by atoms with Crippen molar-refractivity contribution in [1.82, 2.24) is 4.65 Å². The van der Waals surface area contributed by atoms with E-state index in [2.05, 4.69) is 6.07 Å². The Labute approximate surface area is 72.6 Å². The van der Waals surface area contributed by atoms with E-state index in [-0.39, 0.29) is 4.65 Å². The molecule has 1 heterocycles. The van der Waals surface area contributed by atoms with Crippen molar-refractivity contribution in [2.75, 3.05) is 13.6 Å². The maximum Gasteiger partial charge on any atom is 0.135 e. The summed E-state index contributed by atoms with van der Waals surface area (Å²) in [7, 11) is 1.73. The third kappa shape index (κ3) is 1.13. The Balaban J connectivity index is 2.52. The first-order valence-electron chi connectivity index (χ1n) is 4.35. The SMILES string of the molecule is C[N@+]1([O-])CCCc2ccccc21. The van der Waals surface area contributed by atoms with Crippen molar-refractivity contribution >= 4 is 5.69 Å². The van der Waals surface area contributed by atoms with Gasteiger partial charge >= 0.3 is 0 Å². The Morgan fingerprint density at radius 1 is 1.33 bits per heavy atom. The largest absolute Gasteiger partial charge is 0.628 e. The smallest absolute Gasteiger partial charge is 0.135 e. The highest BCUT2D eigenvalue weighted by molar-refractivity contribution is 5.52. The highest BCUT2D eigenvalue weighted by Crippen LogP contribution is 2.30. The molecule has 1 atom stereocenters. The molecule has 0 aromatic heterocycles. The number of benzene rings is 1. The van der Waals surface area contributed by atoms with Gasteiger partial charge in [-0.1, -0.05) is 18.2 Å². The minimum atomic E-state index is -0.198. The predicted molar refractivity (Wildman–Crippen MR) is 50.7 cm³/mol. The van der Waals surface area contributed by atoms with E-state index in [9.17, 15) is 5.21 Å². The summed E-state index contributed by atoms with van der Waals surface area (Å²) in [6, 6.07) is 7.95. The van der Waals surface area contributed by atoms with Gasteiger partial charge in [0.1, 0.15) is 5.69 Å². The van der Waals surface area contributed by atoms with Gasteiger partial charge in [-0.25, -0.2) is 0 Å². The van der Waals surface area contributed by atoms with Crippen LogP contribution >= 0.6 is 0 Å². The first-order chi connectivity index (χ1) is 5.70. The fraction of sp³-hybridized carbons (Fsp3) is 0.400. The Morgan fingerprint density at radius 3 is 2.83 bits per heavy atom. The van der Waals surface area contributed by atoms with Gasteiger partial charge in [0, 0.05) is 12.0 Å². The summed E-state index contributed by atoms with van der Waals surface area (Å²) in [6.07, 6.45) is 2.07. The van der Waals surface area contributed by atoms with Crippen LogP contribution in [0.1, 0.15) is 12.0 Å². The normalized spacial score (nSPS) is 28.2. The molecule has 1 aromatic carbocycles. The molecule has 2 heteroatoms. The number of aryl methyl sites for hydroxylation is 1. The molecule has 12 heavy (non-hydrogen) atoms. The molecule has 0 spiro atoms. The number of hydrogen-bond acceptors (Lipinski definition) is 1. The average molecular weight is 163 g/mol. The summed E-state index contributed by atoms with van der Waals surface area (Å²) < 4.78 is -0.198. The molecule has 1 aromatic rings. The van der Waals surface area contributed by atoms with Gasteiger partial charge in [0.25, 0.3) is 0 Å². The van der Waals surface area contributed by atoms with Gasteiger partial charge in [0.15, 0.2) is 0 Å². The van der Waals surface area contributed by atoms with E-state index in [1.807, 2.05) is 18.2 Å². The van der Waals surface area contributed by atoms with Gasteiger partial charge in [-0.2, -0.15) is 0 Å². The lowest BCUT2D eigenvalue weighted by molar-refractivity contribution is 0.410. The van der Waals surface area contributed by atoms with Crippen molar-refractivity contribution in [3.05, 3.63) is 35.0 Å². The van der Waals surface area contributed by atoms with Crippen LogP contribution in [0.4, 0.5) is 5.69 Å². The molecular formula is C10H13NO. The lowest BCUT2D eigenvalue weighted by Gasteiger charge is -2.42. The van der Waals surface area contributed by atoms with E-state index in [4.69, 9.17) is 0 Å². The number of fused-ring (bicyclic) bond motifs is 1. The van der Waals surface area contributed by atoms with Crippen molar-refractivity contribution in [1.29, 1.82) is 0 Å². The second kappa shape index (κ2) is 2.57.